The number of nitrogens with one attached hydrogen (secondary N) is 1. The summed E-state index contributed by atoms with van der Waals surface area (Å²) >= 11 is 0. The van der Waals surface area contributed by atoms with Crippen LogP contribution in [0.5, 0.6) is 0 Å². The van der Waals surface area contributed by atoms with Crippen molar-refractivity contribution >= 4 is 22.1 Å². The summed E-state index contributed by atoms with van der Waals surface area (Å²) in [6, 6.07) is 7.93. The van der Waals surface area contributed by atoms with Gasteiger partial charge in [-0.1, -0.05) is 0 Å². The van der Waals surface area contributed by atoms with Crippen LogP contribution in [0.1, 0.15) is 0 Å². The maximum absolute atomic E-state index is 4.40. The fraction of sp³-hybridized carbons (Fsp3) is 0. The minimum atomic E-state index is 0.801. The van der Waals surface area contributed by atoms with Gasteiger partial charge >= 0.3 is 0 Å². The van der Waals surface area contributed by atoms with Gasteiger partial charge in [0.05, 0.1) is 11.0 Å². The van der Waals surface area contributed by atoms with E-state index in [1.54, 1.807) is 6.20 Å². The fourth-order valence-electron chi connectivity index (χ4n) is 1.47. The third-order valence-electron chi connectivity index (χ3n) is 2.10. The third-order valence-corrected chi connectivity index (χ3v) is 2.10. The highest BCUT2D eigenvalue weighted by Crippen LogP contribution is 2.15. The normalized spacial score (nSPS) is 11.1. The first-order valence-electron chi connectivity index (χ1n) is 4.12. The molecule has 3 rings (SSSR count). The molecule has 0 amide bonds. The predicted octanol–water partition coefficient (Wildman–Crippen LogP) is 2.11. The van der Waals surface area contributed by atoms with Crippen molar-refractivity contribution in [3.8, 4) is 0 Å². The molecule has 3 heteroatoms. The molecule has 0 atom stereocenters. The lowest BCUT2D eigenvalue weighted by molar-refractivity contribution is 1.33. The minimum Gasteiger partial charge on any atom is -0.360 e. The molecule has 1 N–H and O–H groups in total. The van der Waals surface area contributed by atoms with E-state index in [9.17, 15) is 0 Å². The highest BCUT2D eigenvalue weighted by atomic mass is 14.9. The summed E-state index contributed by atoms with van der Waals surface area (Å²) in [5.74, 6) is 0. The van der Waals surface area contributed by atoms with Gasteiger partial charge in [-0.15, -0.1) is 0 Å². The average molecular weight is 169 g/mol. The van der Waals surface area contributed by atoms with E-state index in [4.69, 9.17) is 0 Å². The van der Waals surface area contributed by atoms with Crippen LogP contribution in [0.3, 0.4) is 0 Å². The third kappa shape index (κ3) is 0.902. The van der Waals surface area contributed by atoms with Crippen LogP contribution < -0.4 is 0 Å². The molecular formula is C10H7N3. The average Bonchev–Trinajstić information content (AvgIpc) is 2.61. The van der Waals surface area contributed by atoms with Crippen molar-refractivity contribution in [3.63, 3.8) is 0 Å². The van der Waals surface area contributed by atoms with Gasteiger partial charge in [-0.05, 0) is 24.3 Å². The second kappa shape index (κ2) is 2.29. The van der Waals surface area contributed by atoms with E-state index >= 15 is 0 Å². The van der Waals surface area contributed by atoms with Crippen molar-refractivity contribution in [2.45, 2.75) is 0 Å². The monoisotopic (exact) mass is 169 g/mol. The topological polar surface area (TPSA) is 41.6 Å². The molecule has 0 saturated heterocycles. The summed E-state index contributed by atoms with van der Waals surface area (Å²) in [4.78, 5) is 11.7. The van der Waals surface area contributed by atoms with Gasteiger partial charge in [0, 0.05) is 17.8 Å². The molecule has 0 aliphatic carbocycles. The minimum absolute atomic E-state index is 0.801. The Morgan fingerprint density at radius 2 is 2.23 bits per heavy atom. The van der Waals surface area contributed by atoms with Crippen LogP contribution in [0.25, 0.3) is 22.1 Å². The molecule has 0 aliphatic rings. The number of hydrogen-bond acceptors (Lipinski definition) is 2. The van der Waals surface area contributed by atoms with E-state index in [-0.39, 0.29) is 0 Å². The first kappa shape index (κ1) is 6.60. The SMILES string of the molecule is c1cnc2nc3cc[nH]c3cc2c1. The maximum atomic E-state index is 4.40. The second-order valence-electron chi connectivity index (χ2n) is 2.95. The zero-order chi connectivity index (χ0) is 8.67. The Morgan fingerprint density at radius 1 is 1.23 bits per heavy atom. The Morgan fingerprint density at radius 3 is 3.23 bits per heavy atom. The molecule has 0 aliphatic heterocycles. The molecular weight excluding hydrogens is 162 g/mol. The van der Waals surface area contributed by atoms with Crippen LogP contribution in [-0.2, 0) is 0 Å². The van der Waals surface area contributed by atoms with Gasteiger partial charge in [0.1, 0.15) is 0 Å². The number of fused-ring (bicyclic) bond motifs is 2. The number of pyridine rings is 2. The van der Waals surface area contributed by atoms with Crippen molar-refractivity contribution in [3.05, 3.63) is 36.7 Å². The van der Waals surface area contributed by atoms with Crippen LogP contribution in [0.15, 0.2) is 36.7 Å². The first-order valence-corrected chi connectivity index (χ1v) is 4.12. The molecule has 0 bridgehead atoms. The van der Waals surface area contributed by atoms with Crippen LogP contribution in [-0.4, -0.2) is 15.0 Å². The van der Waals surface area contributed by atoms with Gasteiger partial charge in [0.15, 0.2) is 5.65 Å². The largest absolute Gasteiger partial charge is 0.360 e. The van der Waals surface area contributed by atoms with Crippen molar-refractivity contribution in [1.82, 2.24) is 15.0 Å². The summed E-state index contributed by atoms with van der Waals surface area (Å²) in [7, 11) is 0. The Balaban J connectivity index is 2.57. The molecule has 0 fully saturated rings. The standard InChI is InChI=1S/C10H7N3/c1-2-7-6-9-8(3-5-11-9)13-10(7)12-4-1/h1-6,11H. The lowest BCUT2D eigenvalue weighted by Gasteiger charge is -1.94. The lowest BCUT2D eigenvalue weighted by Crippen LogP contribution is -1.82. The lowest BCUT2D eigenvalue weighted by atomic mass is 10.2. The van der Waals surface area contributed by atoms with Crippen molar-refractivity contribution < 1.29 is 0 Å². The Hall–Kier alpha value is -1.90. The number of aromatic amines is 1. The molecule has 13 heavy (non-hydrogen) atoms. The fourth-order valence-corrected chi connectivity index (χ4v) is 1.47. The van der Waals surface area contributed by atoms with E-state index in [0.29, 0.717) is 0 Å². The van der Waals surface area contributed by atoms with Gasteiger partial charge in [-0.3, -0.25) is 0 Å². The quantitative estimate of drug-likeness (QED) is 0.560. The van der Waals surface area contributed by atoms with E-state index in [1.165, 1.54) is 0 Å². The van der Waals surface area contributed by atoms with Crippen molar-refractivity contribution in [2.75, 3.05) is 0 Å². The summed E-state index contributed by atoms with van der Waals surface area (Å²) in [6.45, 7) is 0. The van der Waals surface area contributed by atoms with Gasteiger partial charge in [0.25, 0.3) is 0 Å². The van der Waals surface area contributed by atoms with Crippen molar-refractivity contribution in [2.24, 2.45) is 0 Å². The van der Waals surface area contributed by atoms with E-state index in [1.807, 2.05) is 24.4 Å². The second-order valence-corrected chi connectivity index (χ2v) is 2.95. The Labute approximate surface area is 74.4 Å². The smallest absolute Gasteiger partial charge is 0.159 e. The maximum Gasteiger partial charge on any atom is 0.159 e. The zero-order valence-electron chi connectivity index (χ0n) is 6.86. The molecule has 0 radical (unpaired) electrons. The van der Waals surface area contributed by atoms with Crippen molar-refractivity contribution in [1.29, 1.82) is 0 Å². The number of nitrogens with zero attached hydrogens (tertiary/aromatic N) is 2. The Bertz CT molecular complexity index is 519. The molecule has 0 unspecified atom stereocenters. The zero-order valence-corrected chi connectivity index (χ0v) is 6.86. The number of rotatable bonds is 0. The van der Waals surface area contributed by atoms with E-state index in [2.05, 4.69) is 21.0 Å². The van der Waals surface area contributed by atoms with Gasteiger partial charge in [0.2, 0.25) is 0 Å². The van der Waals surface area contributed by atoms with Gasteiger partial charge in [-0.2, -0.15) is 0 Å². The highest BCUT2D eigenvalue weighted by Gasteiger charge is 1.99. The molecule has 3 heterocycles. The van der Waals surface area contributed by atoms with Crippen LogP contribution >= 0.6 is 0 Å². The predicted molar refractivity (Wildman–Crippen MR) is 51.4 cm³/mol. The summed E-state index contributed by atoms with van der Waals surface area (Å²) in [5.41, 5.74) is 2.82. The van der Waals surface area contributed by atoms with E-state index in [0.717, 1.165) is 22.1 Å². The molecule has 3 nitrogen and oxygen atoms in total. The molecule has 3 aromatic heterocycles. The van der Waals surface area contributed by atoms with Crippen LogP contribution in [0.2, 0.25) is 0 Å². The molecule has 3 aromatic rings. The first-order chi connectivity index (χ1) is 6.43. The van der Waals surface area contributed by atoms with Crippen LogP contribution in [0.4, 0.5) is 0 Å². The van der Waals surface area contributed by atoms with Gasteiger partial charge < -0.3 is 4.98 Å². The molecule has 0 saturated carbocycles. The highest BCUT2D eigenvalue weighted by molar-refractivity contribution is 5.88. The number of aromatic nitrogens is 3. The van der Waals surface area contributed by atoms with Gasteiger partial charge in [-0.25, -0.2) is 9.97 Å². The number of H-pyrrole nitrogens is 1. The molecule has 62 valence electrons. The summed E-state index contributed by atoms with van der Waals surface area (Å²) in [6.07, 6.45) is 3.64. The number of hydrogen-bond donors (Lipinski definition) is 1. The van der Waals surface area contributed by atoms with E-state index < -0.39 is 0 Å². The summed E-state index contributed by atoms with van der Waals surface area (Å²) in [5, 5.41) is 1.07. The Kier molecular flexibility index (Phi) is 1.16. The molecule has 0 aromatic carbocycles. The summed E-state index contributed by atoms with van der Waals surface area (Å²) < 4.78 is 0. The van der Waals surface area contributed by atoms with Crippen LogP contribution in [0, 0.1) is 0 Å². The molecule has 0 spiro atoms.